The lowest BCUT2D eigenvalue weighted by Crippen LogP contribution is -2.09. The van der Waals surface area contributed by atoms with E-state index in [1.807, 2.05) is 19.1 Å². The van der Waals surface area contributed by atoms with Gasteiger partial charge in [0.25, 0.3) is 0 Å². The number of nitrogens with two attached hydrogens (primary N) is 1. The normalized spacial score (nSPS) is 11.9. The van der Waals surface area contributed by atoms with Gasteiger partial charge in [0.15, 0.2) is 4.67 Å². The Hall–Kier alpha value is -0.250. The van der Waals surface area contributed by atoms with Crippen LogP contribution in [-0.2, 0) is 0 Å². The second-order valence-corrected chi connectivity index (χ2v) is 3.69. The molecule has 0 spiro atoms. The first-order chi connectivity index (χ1) is 5.59. The maximum atomic E-state index is 5.83. The monoisotopic (exact) mass is 265 g/mol. The lowest BCUT2D eigenvalue weighted by Gasteiger charge is -2.06. The predicted molar refractivity (Wildman–Crippen MR) is 60.0 cm³/mol. The van der Waals surface area contributed by atoms with Gasteiger partial charge in [-0.05, 0) is 41.4 Å². The fourth-order valence-corrected chi connectivity index (χ4v) is 1.32. The van der Waals surface area contributed by atoms with Gasteiger partial charge in [-0.25, -0.2) is 0 Å². The van der Waals surface area contributed by atoms with Crippen molar-refractivity contribution < 1.29 is 4.42 Å². The van der Waals surface area contributed by atoms with Crippen molar-refractivity contribution in [1.82, 2.24) is 0 Å². The fraction of sp³-hybridized carbons (Fsp3) is 0.333. The Balaban J connectivity index is 0.00000144. The van der Waals surface area contributed by atoms with E-state index in [4.69, 9.17) is 10.2 Å². The van der Waals surface area contributed by atoms with Crippen LogP contribution in [0.15, 0.2) is 33.4 Å². The highest BCUT2D eigenvalue weighted by Gasteiger charge is 2.09. The average Bonchev–Trinajstić information content (AvgIpc) is 2.34. The highest BCUT2D eigenvalue weighted by atomic mass is 79.9. The molecule has 1 aromatic rings. The third-order valence-corrected chi connectivity index (χ3v) is 1.95. The molecule has 0 unspecified atom stereocenters. The minimum absolute atomic E-state index is 0. The summed E-state index contributed by atoms with van der Waals surface area (Å²) in [5, 5.41) is 0. The summed E-state index contributed by atoms with van der Waals surface area (Å²) in [6, 6.07) is 3.64. The van der Waals surface area contributed by atoms with Crippen LogP contribution in [0, 0.1) is 0 Å². The van der Waals surface area contributed by atoms with Gasteiger partial charge in [-0.3, -0.25) is 0 Å². The Morgan fingerprint density at radius 1 is 1.69 bits per heavy atom. The van der Waals surface area contributed by atoms with E-state index in [-0.39, 0.29) is 18.4 Å². The smallest absolute Gasteiger partial charge is 0.169 e. The minimum Gasteiger partial charge on any atom is -0.453 e. The minimum atomic E-state index is -0.0752. The molecule has 74 valence electrons. The molecule has 2 nitrogen and oxygen atoms in total. The molecule has 0 saturated heterocycles. The zero-order chi connectivity index (χ0) is 9.14. The molecule has 1 atom stereocenters. The number of rotatable bonds is 3. The summed E-state index contributed by atoms with van der Waals surface area (Å²) in [7, 11) is 0. The number of furan rings is 1. The standard InChI is InChI=1S/C9H12BrNO.ClH/c1-6(2)5-7(11)8-3-4-9(10)12-8;/h3-4,7H,1,5,11H2,2H3;1H/t7-;/m0./s1. The van der Waals surface area contributed by atoms with E-state index >= 15 is 0 Å². The molecular formula is C9H13BrClNO. The molecule has 13 heavy (non-hydrogen) atoms. The molecule has 0 saturated carbocycles. The highest BCUT2D eigenvalue weighted by Crippen LogP contribution is 2.22. The topological polar surface area (TPSA) is 39.2 Å². The first-order valence-corrected chi connectivity index (χ1v) is 4.54. The van der Waals surface area contributed by atoms with E-state index in [0.717, 1.165) is 22.4 Å². The largest absolute Gasteiger partial charge is 0.453 e. The van der Waals surface area contributed by atoms with Gasteiger partial charge >= 0.3 is 0 Å². The molecule has 0 aliphatic rings. The molecular weight excluding hydrogens is 253 g/mol. The van der Waals surface area contributed by atoms with Crippen molar-refractivity contribution in [3.8, 4) is 0 Å². The van der Waals surface area contributed by atoms with Crippen LogP contribution in [0.2, 0.25) is 0 Å². The Morgan fingerprint density at radius 2 is 2.31 bits per heavy atom. The van der Waals surface area contributed by atoms with Crippen LogP contribution < -0.4 is 5.73 Å². The Kier molecular flexibility index (Phi) is 5.37. The van der Waals surface area contributed by atoms with Gasteiger partial charge in [0.05, 0.1) is 6.04 Å². The maximum absolute atomic E-state index is 5.83. The van der Waals surface area contributed by atoms with E-state index in [1.54, 1.807) is 0 Å². The Morgan fingerprint density at radius 3 is 2.69 bits per heavy atom. The summed E-state index contributed by atoms with van der Waals surface area (Å²) < 4.78 is 6.01. The Bertz CT molecular complexity index is 285. The lowest BCUT2D eigenvalue weighted by atomic mass is 10.1. The zero-order valence-corrected chi connectivity index (χ0v) is 9.82. The number of hydrogen-bond acceptors (Lipinski definition) is 2. The van der Waals surface area contributed by atoms with Crippen LogP contribution in [0.3, 0.4) is 0 Å². The second-order valence-electron chi connectivity index (χ2n) is 2.91. The SMILES string of the molecule is C=C(C)C[C@H](N)c1ccc(Br)o1.Cl. The van der Waals surface area contributed by atoms with Gasteiger partial charge in [-0.1, -0.05) is 5.57 Å². The summed E-state index contributed by atoms with van der Waals surface area (Å²) >= 11 is 3.22. The van der Waals surface area contributed by atoms with Crippen molar-refractivity contribution in [1.29, 1.82) is 0 Å². The van der Waals surface area contributed by atoms with Crippen molar-refractivity contribution in [2.24, 2.45) is 5.73 Å². The van der Waals surface area contributed by atoms with Crippen LogP contribution in [0.25, 0.3) is 0 Å². The van der Waals surface area contributed by atoms with Crippen molar-refractivity contribution in [3.63, 3.8) is 0 Å². The van der Waals surface area contributed by atoms with Crippen LogP contribution in [0.5, 0.6) is 0 Å². The molecule has 2 N–H and O–H groups in total. The van der Waals surface area contributed by atoms with Crippen LogP contribution in [0.1, 0.15) is 25.1 Å². The number of halogens is 2. The first kappa shape index (κ1) is 12.8. The third-order valence-electron chi connectivity index (χ3n) is 1.53. The van der Waals surface area contributed by atoms with Gasteiger partial charge in [0.2, 0.25) is 0 Å². The molecule has 0 aromatic carbocycles. The molecule has 0 radical (unpaired) electrons. The number of hydrogen-bond donors (Lipinski definition) is 1. The van der Waals surface area contributed by atoms with E-state index in [9.17, 15) is 0 Å². The maximum Gasteiger partial charge on any atom is 0.169 e. The predicted octanol–water partition coefficient (Wildman–Crippen LogP) is 3.43. The summed E-state index contributed by atoms with van der Waals surface area (Å²) in [5.41, 5.74) is 6.90. The van der Waals surface area contributed by atoms with Gasteiger partial charge < -0.3 is 10.2 Å². The molecule has 0 aliphatic heterocycles. The molecule has 0 amide bonds. The van der Waals surface area contributed by atoms with Crippen molar-refractivity contribution >= 4 is 28.3 Å². The zero-order valence-electron chi connectivity index (χ0n) is 7.42. The van der Waals surface area contributed by atoms with Gasteiger partial charge in [-0.15, -0.1) is 19.0 Å². The molecule has 1 aromatic heterocycles. The summed E-state index contributed by atoms with van der Waals surface area (Å²) in [5.74, 6) is 0.796. The third kappa shape index (κ3) is 3.98. The van der Waals surface area contributed by atoms with Crippen LogP contribution in [0.4, 0.5) is 0 Å². The molecule has 0 aliphatic carbocycles. The van der Waals surface area contributed by atoms with Crippen LogP contribution in [-0.4, -0.2) is 0 Å². The quantitative estimate of drug-likeness (QED) is 0.851. The lowest BCUT2D eigenvalue weighted by molar-refractivity contribution is 0.447. The van der Waals surface area contributed by atoms with E-state index in [2.05, 4.69) is 22.5 Å². The summed E-state index contributed by atoms with van der Waals surface area (Å²) in [4.78, 5) is 0. The molecule has 4 heteroatoms. The molecule has 1 rings (SSSR count). The molecule has 0 fully saturated rings. The highest BCUT2D eigenvalue weighted by molar-refractivity contribution is 9.10. The average molecular weight is 267 g/mol. The van der Waals surface area contributed by atoms with Crippen molar-refractivity contribution in [2.45, 2.75) is 19.4 Å². The summed E-state index contributed by atoms with van der Waals surface area (Å²) in [6.07, 6.45) is 0.764. The fourth-order valence-electron chi connectivity index (χ4n) is 1.00. The van der Waals surface area contributed by atoms with E-state index in [0.29, 0.717) is 0 Å². The molecule has 0 bridgehead atoms. The Labute approximate surface area is 92.7 Å². The first-order valence-electron chi connectivity index (χ1n) is 3.75. The van der Waals surface area contributed by atoms with Crippen molar-refractivity contribution in [2.75, 3.05) is 0 Å². The van der Waals surface area contributed by atoms with Gasteiger partial charge in [-0.2, -0.15) is 0 Å². The van der Waals surface area contributed by atoms with E-state index < -0.39 is 0 Å². The van der Waals surface area contributed by atoms with Crippen LogP contribution >= 0.6 is 28.3 Å². The van der Waals surface area contributed by atoms with Gasteiger partial charge in [0.1, 0.15) is 5.76 Å². The summed E-state index contributed by atoms with van der Waals surface area (Å²) in [6.45, 7) is 5.75. The second kappa shape index (κ2) is 5.47. The van der Waals surface area contributed by atoms with Crippen molar-refractivity contribution in [3.05, 3.63) is 34.7 Å². The van der Waals surface area contributed by atoms with Gasteiger partial charge in [0, 0.05) is 0 Å². The molecule has 1 heterocycles. The van der Waals surface area contributed by atoms with E-state index in [1.165, 1.54) is 0 Å².